The fourth-order valence-corrected chi connectivity index (χ4v) is 3.47. The van der Waals surface area contributed by atoms with Crippen LogP contribution >= 0.6 is 0 Å². The van der Waals surface area contributed by atoms with Gasteiger partial charge in [-0.05, 0) is 11.8 Å². The lowest BCUT2D eigenvalue weighted by Gasteiger charge is -2.18. The van der Waals surface area contributed by atoms with Crippen LogP contribution in [0.15, 0.2) is 0 Å². The Morgan fingerprint density at radius 1 is 0.833 bits per heavy atom. The van der Waals surface area contributed by atoms with Gasteiger partial charge >= 0.3 is 0 Å². The molecule has 0 saturated heterocycles. The van der Waals surface area contributed by atoms with E-state index in [0.717, 1.165) is 18.3 Å². The van der Waals surface area contributed by atoms with Crippen LogP contribution in [0.5, 0.6) is 0 Å². The second-order valence-corrected chi connectivity index (χ2v) is 6.49. The molecule has 0 N–H and O–H groups in total. The molecule has 1 aliphatic rings. The smallest absolute Gasteiger partial charge is 0.0388 e. The van der Waals surface area contributed by atoms with Crippen LogP contribution < -0.4 is 0 Å². The van der Waals surface area contributed by atoms with E-state index in [1.54, 1.807) is 0 Å². The van der Waals surface area contributed by atoms with Gasteiger partial charge < -0.3 is 0 Å². The quantitative estimate of drug-likeness (QED) is 0.365. The van der Waals surface area contributed by atoms with Gasteiger partial charge in [0.25, 0.3) is 0 Å². The van der Waals surface area contributed by atoms with Crippen LogP contribution in [0.25, 0.3) is 0 Å². The molecule has 1 aliphatic carbocycles. The maximum atomic E-state index is 3.89. The van der Waals surface area contributed by atoms with Crippen molar-refractivity contribution in [3.05, 3.63) is 6.92 Å². The first kappa shape index (κ1) is 16.1. The second-order valence-electron chi connectivity index (χ2n) is 6.49. The Bertz CT molecular complexity index is 167. The maximum Gasteiger partial charge on any atom is -0.0388 e. The Morgan fingerprint density at radius 2 is 1.33 bits per heavy atom. The Hall–Kier alpha value is 0. The zero-order chi connectivity index (χ0) is 13.1. The van der Waals surface area contributed by atoms with E-state index in [9.17, 15) is 0 Å². The van der Waals surface area contributed by atoms with Gasteiger partial charge in [0.2, 0.25) is 0 Å². The molecule has 1 radical (unpaired) electrons. The summed E-state index contributed by atoms with van der Waals surface area (Å²) in [5.41, 5.74) is 0. The normalized spacial score (nSPS) is 18.3. The van der Waals surface area contributed by atoms with Gasteiger partial charge in [-0.15, -0.1) is 0 Å². The molecule has 0 spiro atoms. The standard InChI is InChI=1S/C18H35/c1-3-4-5-6-7-8-9-10-11-14-17(2)18-15-12-13-16-18/h17-18H,1,3-16H2,2H3. The molecule has 0 nitrogen and oxygen atoms in total. The van der Waals surface area contributed by atoms with Gasteiger partial charge in [-0.25, -0.2) is 0 Å². The van der Waals surface area contributed by atoms with Crippen molar-refractivity contribution in [1.82, 2.24) is 0 Å². The average molecular weight is 251 g/mol. The maximum absolute atomic E-state index is 3.89. The summed E-state index contributed by atoms with van der Waals surface area (Å²) < 4.78 is 0. The highest BCUT2D eigenvalue weighted by molar-refractivity contribution is 4.72. The monoisotopic (exact) mass is 251 g/mol. The molecule has 0 aromatic carbocycles. The zero-order valence-corrected chi connectivity index (χ0v) is 12.8. The van der Waals surface area contributed by atoms with Gasteiger partial charge in [-0.3, -0.25) is 0 Å². The first-order valence-corrected chi connectivity index (χ1v) is 8.64. The van der Waals surface area contributed by atoms with Gasteiger partial charge in [0.15, 0.2) is 0 Å². The fraction of sp³-hybridized carbons (Fsp3) is 0.944. The molecule has 0 heteroatoms. The largest absolute Gasteiger partial charge is 0.0622 e. The van der Waals surface area contributed by atoms with E-state index < -0.39 is 0 Å². The Kier molecular flexibility index (Phi) is 9.70. The minimum absolute atomic E-state index is 1.00. The summed E-state index contributed by atoms with van der Waals surface area (Å²) in [4.78, 5) is 0. The molecule has 1 rings (SSSR count). The minimum Gasteiger partial charge on any atom is -0.0622 e. The predicted molar refractivity (Wildman–Crippen MR) is 82.6 cm³/mol. The van der Waals surface area contributed by atoms with Crippen molar-refractivity contribution in [3.63, 3.8) is 0 Å². The fourth-order valence-electron chi connectivity index (χ4n) is 3.47. The third kappa shape index (κ3) is 7.44. The summed E-state index contributed by atoms with van der Waals surface area (Å²) in [6, 6.07) is 0. The SMILES string of the molecule is [CH2]CCCCCCCCCCC(C)C1CCCC1. The van der Waals surface area contributed by atoms with Crippen LogP contribution in [0.4, 0.5) is 0 Å². The molecule has 0 aromatic rings. The molecule has 1 atom stereocenters. The number of unbranched alkanes of at least 4 members (excludes halogenated alkanes) is 8. The van der Waals surface area contributed by atoms with Crippen molar-refractivity contribution in [2.75, 3.05) is 0 Å². The third-order valence-electron chi connectivity index (χ3n) is 4.86. The summed E-state index contributed by atoms with van der Waals surface area (Å²) in [5.74, 6) is 2.08. The number of rotatable bonds is 11. The van der Waals surface area contributed by atoms with Crippen LogP contribution in [0.3, 0.4) is 0 Å². The summed E-state index contributed by atoms with van der Waals surface area (Å²) in [7, 11) is 0. The summed E-state index contributed by atoms with van der Waals surface area (Å²) >= 11 is 0. The molecule has 1 unspecified atom stereocenters. The van der Waals surface area contributed by atoms with Crippen molar-refractivity contribution in [2.45, 2.75) is 96.8 Å². The molecular weight excluding hydrogens is 216 g/mol. The lowest BCUT2D eigenvalue weighted by Crippen LogP contribution is -2.07. The van der Waals surface area contributed by atoms with Crippen molar-refractivity contribution >= 4 is 0 Å². The Labute approximate surface area is 116 Å². The predicted octanol–water partition coefficient (Wildman–Crippen LogP) is 6.55. The van der Waals surface area contributed by atoms with Crippen LogP contribution in [0.1, 0.15) is 96.8 Å². The topological polar surface area (TPSA) is 0 Å². The molecule has 18 heavy (non-hydrogen) atoms. The van der Waals surface area contributed by atoms with Gasteiger partial charge in [0, 0.05) is 0 Å². The van der Waals surface area contributed by atoms with Crippen LogP contribution in [-0.2, 0) is 0 Å². The lowest BCUT2D eigenvalue weighted by atomic mass is 9.88. The van der Waals surface area contributed by atoms with Crippen molar-refractivity contribution in [1.29, 1.82) is 0 Å². The molecule has 0 bridgehead atoms. The van der Waals surface area contributed by atoms with E-state index in [-0.39, 0.29) is 0 Å². The van der Waals surface area contributed by atoms with E-state index in [1.807, 2.05) is 0 Å². The third-order valence-corrected chi connectivity index (χ3v) is 4.86. The molecule has 0 aliphatic heterocycles. The summed E-state index contributed by atoms with van der Waals surface area (Å²) in [6.07, 6.45) is 20.2. The summed E-state index contributed by atoms with van der Waals surface area (Å²) in [6.45, 7) is 6.39. The molecule has 1 saturated carbocycles. The first-order chi connectivity index (χ1) is 8.84. The lowest BCUT2D eigenvalue weighted by molar-refractivity contribution is 0.333. The highest BCUT2D eigenvalue weighted by Gasteiger charge is 2.20. The highest BCUT2D eigenvalue weighted by atomic mass is 14.3. The van der Waals surface area contributed by atoms with E-state index in [0.29, 0.717) is 0 Å². The molecule has 0 amide bonds. The van der Waals surface area contributed by atoms with Crippen LogP contribution in [0, 0.1) is 18.8 Å². The second kappa shape index (κ2) is 10.9. The minimum atomic E-state index is 1.00. The van der Waals surface area contributed by atoms with Crippen LogP contribution in [0.2, 0.25) is 0 Å². The van der Waals surface area contributed by atoms with E-state index >= 15 is 0 Å². The van der Waals surface area contributed by atoms with E-state index in [2.05, 4.69) is 13.8 Å². The highest BCUT2D eigenvalue weighted by Crippen LogP contribution is 2.33. The Morgan fingerprint density at radius 3 is 1.89 bits per heavy atom. The number of hydrogen-bond acceptors (Lipinski definition) is 0. The van der Waals surface area contributed by atoms with Gasteiger partial charge in [-0.1, -0.05) is 104 Å². The molecule has 0 heterocycles. The number of hydrogen-bond donors (Lipinski definition) is 0. The average Bonchev–Trinajstić information content (AvgIpc) is 2.90. The molecule has 107 valence electrons. The van der Waals surface area contributed by atoms with E-state index in [1.165, 1.54) is 83.5 Å². The van der Waals surface area contributed by atoms with Gasteiger partial charge in [-0.2, -0.15) is 0 Å². The zero-order valence-electron chi connectivity index (χ0n) is 12.8. The summed E-state index contributed by atoms with van der Waals surface area (Å²) in [5, 5.41) is 0. The molecule has 1 fully saturated rings. The van der Waals surface area contributed by atoms with Crippen molar-refractivity contribution in [3.8, 4) is 0 Å². The molecule has 0 aromatic heterocycles. The molecular formula is C18H35. The van der Waals surface area contributed by atoms with Crippen molar-refractivity contribution in [2.24, 2.45) is 11.8 Å². The van der Waals surface area contributed by atoms with E-state index in [4.69, 9.17) is 0 Å². The Balaban J connectivity index is 1.80. The van der Waals surface area contributed by atoms with Gasteiger partial charge in [0.1, 0.15) is 0 Å². The van der Waals surface area contributed by atoms with Crippen LogP contribution in [-0.4, -0.2) is 0 Å². The van der Waals surface area contributed by atoms with Crippen molar-refractivity contribution < 1.29 is 0 Å². The van der Waals surface area contributed by atoms with Gasteiger partial charge in [0.05, 0.1) is 0 Å². The first-order valence-electron chi connectivity index (χ1n) is 8.64.